The van der Waals surface area contributed by atoms with Gasteiger partial charge in [0.1, 0.15) is 0 Å². The number of hydrogen-bond acceptors (Lipinski definition) is 3. The minimum absolute atomic E-state index is 0.142. The predicted octanol–water partition coefficient (Wildman–Crippen LogP) is 8.53. The third-order valence-electron chi connectivity index (χ3n) is 7.77. The standard InChI is InChI=1S/C34H36N3O2.C2H6/c1-4-5-6-10-28-22-24(2)14-15-26-16-17-27-19-21-36-20-18-25(23-32(36)34(27)33(26)28)9-7-11-29-30(35-3)12-8-13-31(29)37(38)39;1-2/h4-10,12-13,16-18,20,22-24,35H,11,14-15,19,21H2,1-3H3;1-2H3/q+1;/b5-4-,9-7+,10-6-;. The highest BCUT2D eigenvalue weighted by molar-refractivity contribution is 5.88. The first-order valence-electron chi connectivity index (χ1n) is 14.8. The lowest BCUT2D eigenvalue weighted by molar-refractivity contribution is -0.687. The molecule has 0 saturated carbocycles. The van der Waals surface area contributed by atoms with Gasteiger partial charge in [-0.1, -0.05) is 81.5 Å². The molecule has 0 saturated heterocycles. The first kappa shape index (κ1) is 29.7. The molecule has 1 aliphatic carbocycles. The van der Waals surface area contributed by atoms with Gasteiger partial charge >= 0.3 is 0 Å². The Morgan fingerprint density at radius 1 is 1.05 bits per heavy atom. The molecular formula is C36H42N3O2+. The van der Waals surface area contributed by atoms with Crippen molar-refractivity contribution in [3.63, 3.8) is 0 Å². The summed E-state index contributed by atoms with van der Waals surface area (Å²) in [7, 11) is 1.80. The smallest absolute Gasteiger partial charge is 0.274 e. The number of fused-ring (bicyclic) bond motifs is 5. The van der Waals surface area contributed by atoms with Crippen LogP contribution < -0.4 is 9.88 Å². The van der Waals surface area contributed by atoms with E-state index in [-0.39, 0.29) is 10.6 Å². The molecule has 1 aliphatic heterocycles. The lowest BCUT2D eigenvalue weighted by atomic mass is 9.85. The number of aromatic nitrogens is 1. The van der Waals surface area contributed by atoms with E-state index in [0.717, 1.165) is 37.1 Å². The molecular weight excluding hydrogens is 506 g/mol. The molecule has 41 heavy (non-hydrogen) atoms. The Morgan fingerprint density at radius 3 is 2.56 bits per heavy atom. The Morgan fingerprint density at radius 2 is 1.83 bits per heavy atom. The van der Waals surface area contributed by atoms with Gasteiger partial charge in [0.15, 0.2) is 12.7 Å². The van der Waals surface area contributed by atoms with Gasteiger partial charge in [-0.25, -0.2) is 0 Å². The van der Waals surface area contributed by atoms with E-state index in [1.165, 1.54) is 33.5 Å². The molecule has 5 rings (SSSR count). The largest absolute Gasteiger partial charge is 0.388 e. The lowest BCUT2D eigenvalue weighted by Crippen LogP contribution is -2.40. The molecule has 2 aliphatic rings. The monoisotopic (exact) mass is 548 g/mol. The van der Waals surface area contributed by atoms with Gasteiger partial charge in [-0.15, -0.1) is 0 Å². The first-order chi connectivity index (χ1) is 20.0. The maximum absolute atomic E-state index is 11.6. The fraction of sp³-hybridized carbons (Fsp3) is 0.306. The summed E-state index contributed by atoms with van der Waals surface area (Å²) < 4.78 is 2.36. The predicted molar refractivity (Wildman–Crippen MR) is 172 cm³/mol. The van der Waals surface area contributed by atoms with Crippen LogP contribution >= 0.6 is 0 Å². The molecule has 0 fully saturated rings. The summed E-state index contributed by atoms with van der Waals surface area (Å²) in [5.74, 6) is 0.521. The Hall–Kier alpha value is -4.25. The van der Waals surface area contributed by atoms with Crippen LogP contribution in [0.2, 0.25) is 0 Å². The third-order valence-corrected chi connectivity index (χ3v) is 7.77. The Balaban J connectivity index is 0.00000189. The van der Waals surface area contributed by atoms with Gasteiger partial charge in [-0.3, -0.25) is 10.1 Å². The van der Waals surface area contributed by atoms with Crippen LogP contribution in [-0.4, -0.2) is 12.0 Å². The van der Waals surface area contributed by atoms with Crippen molar-refractivity contribution in [1.82, 2.24) is 0 Å². The van der Waals surface area contributed by atoms with Crippen molar-refractivity contribution in [2.24, 2.45) is 5.92 Å². The normalized spacial score (nSPS) is 15.9. The van der Waals surface area contributed by atoms with Crippen LogP contribution in [0, 0.1) is 16.0 Å². The number of hydrogen-bond donors (Lipinski definition) is 1. The molecule has 1 unspecified atom stereocenters. The lowest BCUT2D eigenvalue weighted by Gasteiger charge is -2.21. The van der Waals surface area contributed by atoms with Crippen molar-refractivity contribution in [3.8, 4) is 11.3 Å². The minimum Gasteiger partial charge on any atom is -0.388 e. The number of nitrogens with one attached hydrogen (secondary N) is 1. The van der Waals surface area contributed by atoms with E-state index >= 15 is 0 Å². The van der Waals surface area contributed by atoms with Crippen LogP contribution in [0.3, 0.4) is 0 Å². The van der Waals surface area contributed by atoms with Gasteiger partial charge in [0.05, 0.1) is 16.1 Å². The SMILES string of the molecule is C/C=C\C=C/C1=CC(C)CCc2ccc3c(c21)-c1cc(/C=C/Cc2c(NC)cccc2[N+](=O)[O-])cc[n+]1CC3.CC. The summed E-state index contributed by atoms with van der Waals surface area (Å²) in [4.78, 5) is 11.3. The average Bonchev–Trinajstić information content (AvgIpc) is 3.16. The number of rotatable bonds is 7. The molecule has 2 heterocycles. The Labute approximate surface area is 244 Å². The fourth-order valence-corrected chi connectivity index (χ4v) is 5.80. The number of pyridine rings is 1. The van der Waals surface area contributed by atoms with Crippen LogP contribution in [0.15, 0.2) is 85.1 Å². The summed E-state index contributed by atoms with van der Waals surface area (Å²) in [6.07, 6.45) is 21.0. The third kappa shape index (κ3) is 6.57. The van der Waals surface area contributed by atoms with E-state index in [0.29, 0.717) is 17.9 Å². The van der Waals surface area contributed by atoms with Crippen molar-refractivity contribution in [2.45, 2.75) is 59.9 Å². The number of nitrogens with zero attached hydrogens (tertiary/aromatic N) is 2. The minimum atomic E-state index is -0.307. The number of allylic oxidation sites excluding steroid dienone is 7. The molecule has 0 amide bonds. The second-order valence-corrected chi connectivity index (χ2v) is 10.4. The van der Waals surface area contributed by atoms with Crippen molar-refractivity contribution in [1.29, 1.82) is 0 Å². The number of aryl methyl sites for hydroxylation is 3. The van der Waals surface area contributed by atoms with Gasteiger partial charge in [-0.05, 0) is 66.0 Å². The van der Waals surface area contributed by atoms with Crippen LogP contribution in [0.1, 0.15) is 61.9 Å². The van der Waals surface area contributed by atoms with Crippen molar-refractivity contribution in [2.75, 3.05) is 12.4 Å². The van der Waals surface area contributed by atoms with Crippen LogP contribution in [0.4, 0.5) is 11.4 Å². The second kappa shape index (κ2) is 13.9. The van der Waals surface area contributed by atoms with Crippen LogP contribution in [-0.2, 0) is 25.8 Å². The van der Waals surface area contributed by atoms with Crippen molar-refractivity contribution in [3.05, 3.63) is 123 Å². The van der Waals surface area contributed by atoms with E-state index in [4.69, 9.17) is 0 Å². The summed E-state index contributed by atoms with van der Waals surface area (Å²) in [5, 5.41) is 14.7. The van der Waals surface area contributed by atoms with Crippen molar-refractivity contribution < 1.29 is 9.49 Å². The highest BCUT2D eigenvalue weighted by Crippen LogP contribution is 2.40. The van der Waals surface area contributed by atoms with Crippen LogP contribution in [0.5, 0.6) is 0 Å². The first-order valence-corrected chi connectivity index (χ1v) is 14.8. The van der Waals surface area contributed by atoms with Gasteiger partial charge in [0, 0.05) is 37.4 Å². The number of nitro groups is 1. The Kier molecular flexibility index (Phi) is 10.1. The Bertz CT molecular complexity index is 1530. The highest BCUT2D eigenvalue weighted by atomic mass is 16.6. The van der Waals surface area contributed by atoms with Gasteiger partial charge in [0.25, 0.3) is 5.69 Å². The molecule has 0 spiro atoms. The summed E-state index contributed by atoms with van der Waals surface area (Å²) in [5.41, 5.74) is 10.8. The molecule has 0 radical (unpaired) electrons. The second-order valence-electron chi connectivity index (χ2n) is 10.4. The van der Waals surface area contributed by atoms with E-state index in [2.05, 4.69) is 83.7 Å². The molecule has 2 aromatic carbocycles. The molecule has 1 aromatic heterocycles. The zero-order chi connectivity index (χ0) is 29.4. The highest BCUT2D eigenvalue weighted by Gasteiger charge is 2.29. The number of anilines is 1. The maximum Gasteiger partial charge on any atom is 0.274 e. The van der Waals surface area contributed by atoms with E-state index in [1.807, 2.05) is 32.9 Å². The molecule has 1 atom stereocenters. The quantitative estimate of drug-likeness (QED) is 0.139. The molecule has 5 heteroatoms. The van der Waals surface area contributed by atoms with Crippen molar-refractivity contribution >= 4 is 23.0 Å². The van der Waals surface area contributed by atoms with E-state index in [9.17, 15) is 10.1 Å². The molecule has 1 N–H and O–H groups in total. The van der Waals surface area contributed by atoms with Gasteiger partial charge in [0.2, 0.25) is 5.69 Å². The summed E-state index contributed by atoms with van der Waals surface area (Å²) in [6.45, 7) is 9.31. The zero-order valence-corrected chi connectivity index (χ0v) is 25.0. The molecule has 5 nitrogen and oxygen atoms in total. The fourth-order valence-electron chi connectivity index (χ4n) is 5.80. The van der Waals surface area contributed by atoms with E-state index in [1.54, 1.807) is 19.2 Å². The number of nitro benzene ring substituents is 1. The summed E-state index contributed by atoms with van der Waals surface area (Å²) >= 11 is 0. The molecule has 0 bridgehead atoms. The topological polar surface area (TPSA) is 59.1 Å². The summed E-state index contributed by atoms with van der Waals surface area (Å²) in [6, 6.07) is 14.2. The maximum atomic E-state index is 11.6. The number of benzene rings is 2. The molecule has 212 valence electrons. The average molecular weight is 549 g/mol. The molecule has 3 aromatic rings. The van der Waals surface area contributed by atoms with Gasteiger partial charge < -0.3 is 5.32 Å². The van der Waals surface area contributed by atoms with Gasteiger partial charge in [-0.2, -0.15) is 4.57 Å². The van der Waals surface area contributed by atoms with Crippen LogP contribution in [0.25, 0.3) is 22.9 Å². The van der Waals surface area contributed by atoms with E-state index < -0.39 is 0 Å². The zero-order valence-electron chi connectivity index (χ0n) is 25.0.